The Bertz CT molecular complexity index is 1370. The van der Waals surface area contributed by atoms with Gasteiger partial charge in [-0.15, -0.1) is 0 Å². The highest BCUT2D eigenvalue weighted by Gasteiger charge is 2.35. The molecule has 0 atom stereocenters. The summed E-state index contributed by atoms with van der Waals surface area (Å²) in [6.45, 7) is 9.16. The smallest absolute Gasteiger partial charge is 0.418 e. The molecule has 0 saturated carbocycles. The van der Waals surface area contributed by atoms with Gasteiger partial charge in [0.2, 0.25) is 0 Å². The first-order valence-corrected chi connectivity index (χ1v) is 12.2. The summed E-state index contributed by atoms with van der Waals surface area (Å²) in [7, 11) is 0. The van der Waals surface area contributed by atoms with Crippen molar-refractivity contribution in [2.75, 3.05) is 36.8 Å². The van der Waals surface area contributed by atoms with Crippen LogP contribution in [-0.4, -0.2) is 66.1 Å². The minimum absolute atomic E-state index is 0.00117. The lowest BCUT2D eigenvalue weighted by Crippen LogP contribution is -2.50. The van der Waals surface area contributed by atoms with Gasteiger partial charge >= 0.3 is 23.8 Å². The van der Waals surface area contributed by atoms with Crippen LogP contribution in [0.5, 0.6) is 0 Å². The first-order valence-electron chi connectivity index (χ1n) is 11.5. The van der Waals surface area contributed by atoms with Crippen LogP contribution in [0.3, 0.4) is 0 Å². The van der Waals surface area contributed by atoms with Gasteiger partial charge in [0, 0.05) is 37.1 Å². The lowest BCUT2D eigenvalue weighted by atomic mass is 9.98. The molecule has 204 valence electrons. The number of nitrogens with zero attached hydrogens (tertiary/aromatic N) is 5. The summed E-state index contributed by atoms with van der Waals surface area (Å²) in [5.41, 5.74) is 5.42. The number of nitrogen functional groups attached to an aromatic ring is 1. The number of pyridine rings is 1. The minimum atomic E-state index is -4.58. The summed E-state index contributed by atoms with van der Waals surface area (Å²) in [6, 6.07) is 5.44. The van der Waals surface area contributed by atoms with E-state index in [4.69, 9.17) is 18.9 Å². The van der Waals surface area contributed by atoms with Crippen LogP contribution in [0, 0.1) is 6.92 Å². The molecule has 0 bridgehead atoms. The van der Waals surface area contributed by atoms with E-state index in [1.54, 1.807) is 24.0 Å². The fourth-order valence-electron chi connectivity index (χ4n) is 4.04. The molecule has 4 rings (SSSR count). The van der Waals surface area contributed by atoms with Crippen molar-refractivity contribution in [1.29, 1.82) is 0 Å². The van der Waals surface area contributed by atoms with Gasteiger partial charge in [-0.3, -0.25) is 0 Å². The number of alkyl halides is 3. The summed E-state index contributed by atoms with van der Waals surface area (Å²) in [4.78, 5) is 28.8. The van der Waals surface area contributed by atoms with Gasteiger partial charge in [0.15, 0.2) is 0 Å². The molecule has 1 aliphatic rings. The number of carbonyl (C=O) groups is 1. The Morgan fingerprint density at radius 3 is 2.26 bits per heavy atom. The number of aromatic nitrogens is 3. The van der Waals surface area contributed by atoms with Gasteiger partial charge < -0.3 is 20.3 Å². The van der Waals surface area contributed by atoms with E-state index >= 15 is 0 Å². The topological polar surface area (TPSA) is 132 Å². The first kappa shape index (κ1) is 28.8. The van der Waals surface area contributed by atoms with Gasteiger partial charge in [-0.1, -0.05) is 0 Å². The highest BCUT2D eigenvalue weighted by atomic mass is 32.1. The van der Waals surface area contributed by atoms with Crippen molar-refractivity contribution < 1.29 is 31.1 Å². The van der Waals surface area contributed by atoms with Crippen molar-refractivity contribution in [3.63, 3.8) is 0 Å². The molecule has 1 saturated heterocycles. The SMILES string of the molecule is Cc1cc2c(N3CCN(C(=O)OC(C)(C)C)CC3)ncnc2cc1-c1nc(N)ccc1C(F)(F)F.O=S=O. The van der Waals surface area contributed by atoms with E-state index in [9.17, 15) is 18.0 Å². The van der Waals surface area contributed by atoms with Crippen molar-refractivity contribution in [2.24, 2.45) is 0 Å². The average Bonchev–Trinajstić information content (AvgIpc) is 2.82. The molecule has 0 aliphatic carbocycles. The Balaban J connectivity index is 0.00000127. The Morgan fingerprint density at radius 2 is 1.68 bits per heavy atom. The maximum Gasteiger partial charge on any atom is 0.418 e. The van der Waals surface area contributed by atoms with Crippen LogP contribution in [-0.2, 0) is 22.5 Å². The molecular weight excluding hydrogens is 525 g/mol. The van der Waals surface area contributed by atoms with Crippen LogP contribution in [0.25, 0.3) is 22.2 Å². The number of fused-ring (bicyclic) bond motifs is 1. The van der Waals surface area contributed by atoms with Crippen molar-refractivity contribution >= 4 is 40.2 Å². The Hall–Kier alpha value is -3.81. The van der Waals surface area contributed by atoms with E-state index in [2.05, 4.69) is 15.0 Å². The van der Waals surface area contributed by atoms with Crippen LogP contribution in [0.1, 0.15) is 31.9 Å². The Labute approximate surface area is 220 Å². The van der Waals surface area contributed by atoms with Crippen molar-refractivity contribution in [2.45, 2.75) is 39.5 Å². The van der Waals surface area contributed by atoms with Crippen molar-refractivity contribution in [3.8, 4) is 11.3 Å². The van der Waals surface area contributed by atoms with Crippen LogP contribution in [0.4, 0.5) is 29.6 Å². The molecule has 0 unspecified atom stereocenters. The number of aryl methyl sites for hydroxylation is 1. The number of rotatable bonds is 2. The lowest BCUT2D eigenvalue weighted by Gasteiger charge is -2.36. The Morgan fingerprint density at radius 1 is 1.05 bits per heavy atom. The van der Waals surface area contributed by atoms with Crippen molar-refractivity contribution in [3.05, 3.63) is 41.7 Å². The summed E-state index contributed by atoms with van der Waals surface area (Å²) in [6.07, 6.45) is -3.56. The van der Waals surface area contributed by atoms with Crippen LogP contribution in [0.2, 0.25) is 0 Å². The summed E-state index contributed by atoms with van der Waals surface area (Å²) >= 11 is -0.750. The molecule has 14 heteroatoms. The van der Waals surface area contributed by atoms with E-state index in [0.717, 1.165) is 12.1 Å². The standard InChI is InChI=1S/C24H27F3N6O2.O2S/c1-14-11-16-18(12-15(14)20-17(24(25,26)27)5-6-19(28)31-20)29-13-30-21(16)32-7-9-33(10-8-32)22(34)35-23(2,3)4;1-3-2/h5-6,11-13H,7-10H2,1-4H3,(H2,28,31);. The van der Waals surface area contributed by atoms with E-state index in [1.807, 2.05) is 25.7 Å². The van der Waals surface area contributed by atoms with Gasteiger partial charge in [-0.25, -0.2) is 19.7 Å². The van der Waals surface area contributed by atoms with E-state index in [-0.39, 0.29) is 17.6 Å². The molecule has 1 aromatic carbocycles. The number of hydrogen-bond donors (Lipinski definition) is 1. The fraction of sp³-hybridized carbons (Fsp3) is 0.417. The van der Waals surface area contributed by atoms with Gasteiger partial charge in [0.05, 0.1) is 16.8 Å². The van der Waals surface area contributed by atoms with Gasteiger partial charge in [-0.2, -0.15) is 21.6 Å². The van der Waals surface area contributed by atoms with Crippen LogP contribution < -0.4 is 10.6 Å². The fourth-order valence-corrected chi connectivity index (χ4v) is 4.04. The molecule has 0 radical (unpaired) electrons. The number of benzene rings is 1. The first-order chi connectivity index (χ1) is 17.7. The number of anilines is 2. The van der Waals surface area contributed by atoms with Gasteiger partial charge in [-0.05, 0) is 57.5 Å². The molecule has 1 amide bonds. The third kappa shape index (κ3) is 6.73. The zero-order chi connectivity index (χ0) is 28.3. The highest BCUT2D eigenvalue weighted by molar-refractivity contribution is 7.51. The number of amides is 1. The molecule has 0 spiro atoms. The molecule has 1 fully saturated rings. The van der Waals surface area contributed by atoms with Gasteiger partial charge in [0.25, 0.3) is 0 Å². The van der Waals surface area contributed by atoms with Gasteiger partial charge in [0.1, 0.15) is 23.6 Å². The predicted molar refractivity (Wildman–Crippen MR) is 136 cm³/mol. The maximum absolute atomic E-state index is 13.6. The number of ether oxygens (including phenoxy) is 1. The third-order valence-electron chi connectivity index (χ3n) is 5.67. The summed E-state index contributed by atoms with van der Waals surface area (Å²) < 4.78 is 63.0. The number of piperazine rings is 1. The zero-order valence-corrected chi connectivity index (χ0v) is 22.0. The third-order valence-corrected chi connectivity index (χ3v) is 5.67. The molecule has 38 heavy (non-hydrogen) atoms. The number of halogens is 3. The zero-order valence-electron chi connectivity index (χ0n) is 21.2. The molecule has 1 aliphatic heterocycles. The van der Waals surface area contributed by atoms with E-state index in [0.29, 0.717) is 54.0 Å². The number of carbonyl (C=O) groups excluding carboxylic acids is 1. The predicted octanol–water partition coefficient (Wildman–Crippen LogP) is 3.99. The van der Waals surface area contributed by atoms with E-state index in [1.165, 1.54) is 6.33 Å². The monoisotopic (exact) mass is 552 g/mol. The molecule has 10 nitrogen and oxygen atoms in total. The quantitative estimate of drug-likeness (QED) is 0.501. The van der Waals surface area contributed by atoms with Crippen LogP contribution in [0.15, 0.2) is 30.6 Å². The van der Waals surface area contributed by atoms with E-state index < -0.39 is 28.9 Å². The molecule has 2 N–H and O–H groups in total. The summed E-state index contributed by atoms with van der Waals surface area (Å²) in [5, 5.41) is 0.705. The normalized spacial score (nSPS) is 14.1. The largest absolute Gasteiger partial charge is 0.444 e. The Kier molecular flexibility index (Phi) is 8.54. The average molecular weight is 553 g/mol. The van der Waals surface area contributed by atoms with Crippen LogP contribution >= 0.6 is 0 Å². The number of hydrogen-bond acceptors (Lipinski definition) is 9. The second-order valence-corrected chi connectivity index (χ2v) is 9.67. The molecule has 3 aromatic rings. The second-order valence-electron chi connectivity index (χ2n) is 9.53. The molecular formula is C24H27F3N6O4S. The second kappa shape index (κ2) is 11.3. The summed E-state index contributed by atoms with van der Waals surface area (Å²) in [5.74, 6) is 0.656. The van der Waals surface area contributed by atoms with Crippen molar-refractivity contribution in [1.82, 2.24) is 19.9 Å². The minimum Gasteiger partial charge on any atom is -0.444 e. The maximum atomic E-state index is 13.6. The lowest BCUT2D eigenvalue weighted by molar-refractivity contribution is -0.137. The number of nitrogens with two attached hydrogens (primary N) is 1. The highest BCUT2D eigenvalue weighted by Crippen LogP contribution is 2.39. The molecule has 2 aromatic heterocycles. The molecule has 3 heterocycles.